The maximum absolute atomic E-state index is 13.0. The number of hydrogen-bond acceptors (Lipinski definition) is 5. The van der Waals surface area contributed by atoms with Gasteiger partial charge in [0.25, 0.3) is 5.91 Å². The van der Waals surface area contributed by atoms with Crippen LogP contribution in [-0.4, -0.2) is 20.8 Å². The number of aryl methyl sites for hydroxylation is 2. The van der Waals surface area contributed by atoms with Crippen LogP contribution in [0.1, 0.15) is 32.9 Å². The number of rotatable bonds is 7. The molecule has 1 N–H and O–H groups in total. The topological polar surface area (TPSA) is 73.0 Å². The molecule has 2 aromatic heterocycles. The second kappa shape index (κ2) is 9.00. The third kappa shape index (κ3) is 4.80. The molecule has 7 heteroatoms. The molecule has 0 aliphatic rings. The highest BCUT2D eigenvalue weighted by molar-refractivity contribution is 7.98. The largest absolute Gasteiger partial charge is 0.360 e. The van der Waals surface area contributed by atoms with Gasteiger partial charge in [-0.1, -0.05) is 47.1 Å². The molecule has 0 aliphatic heterocycles. The van der Waals surface area contributed by atoms with Gasteiger partial charge in [0.2, 0.25) is 0 Å². The summed E-state index contributed by atoms with van der Waals surface area (Å²) in [4.78, 5) is 13.9. The number of thioether (sulfide) groups is 1. The van der Waals surface area contributed by atoms with E-state index in [0.29, 0.717) is 23.7 Å². The van der Waals surface area contributed by atoms with Crippen LogP contribution in [0.3, 0.4) is 0 Å². The first-order chi connectivity index (χ1) is 14.6. The van der Waals surface area contributed by atoms with Gasteiger partial charge in [-0.05, 0) is 31.5 Å². The summed E-state index contributed by atoms with van der Waals surface area (Å²) >= 11 is 1.55. The smallest absolute Gasteiger partial charge is 0.257 e. The third-order valence-electron chi connectivity index (χ3n) is 4.59. The fourth-order valence-corrected chi connectivity index (χ4v) is 3.95. The molecule has 4 aromatic rings. The molecule has 0 aliphatic carbocycles. The van der Waals surface area contributed by atoms with Crippen molar-refractivity contribution in [3.05, 3.63) is 95.0 Å². The molecule has 2 aromatic carbocycles. The number of carbonyl (C=O) groups is 1. The normalized spacial score (nSPS) is 10.9. The van der Waals surface area contributed by atoms with Crippen molar-refractivity contribution in [2.24, 2.45) is 0 Å². The van der Waals surface area contributed by atoms with Gasteiger partial charge in [-0.15, -0.1) is 11.8 Å². The first-order valence-corrected chi connectivity index (χ1v) is 10.6. The van der Waals surface area contributed by atoms with Crippen molar-refractivity contribution < 1.29 is 9.32 Å². The standard InChI is InChI=1S/C23H22N4O2S/c1-16-7-9-18(10-8-16)14-27-22(11-12-24-27)25-23(28)20-5-3-4-6-21(20)30-15-19-13-17(2)26-29-19/h3-13H,14-15H2,1-2H3,(H,25,28). The zero-order valence-corrected chi connectivity index (χ0v) is 17.6. The lowest BCUT2D eigenvalue weighted by Gasteiger charge is -2.11. The molecule has 0 bridgehead atoms. The fraction of sp³-hybridized carbons (Fsp3) is 0.174. The first-order valence-electron chi connectivity index (χ1n) is 9.61. The van der Waals surface area contributed by atoms with Gasteiger partial charge < -0.3 is 9.84 Å². The summed E-state index contributed by atoms with van der Waals surface area (Å²) in [5, 5.41) is 11.3. The SMILES string of the molecule is Cc1ccc(Cn2nccc2NC(=O)c2ccccc2SCc2cc(C)no2)cc1. The lowest BCUT2D eigenvalue weighted by Crippen LogP contribution is -2.17. The number of amides is 1. The van der Waals surface area contributed by atoms with Crippen molar-refractivity contribution in [1.29, 1.82) is 0 Å². The highest BCUT2D eigenvalue weighted by Gasteiger charge is 2.15. The summed E-state index contributed by atoms with van der Waals surface area (Å²) in [6, 6.07) is 19.5. The van der Waals surface area contributed by atoms with Gasteiger partial charge in [0, 0.05) is 17.0 Å². The fourth-order valence-electron chi connectivity index (χ4n) is 3.03. The zero-order valence-electron chi connectivity index (χ0n) is 16.8. The molecule has 0 saturated heterocycles. The minimum absolute atomic E-state index is 0.169. The van der Waals surface area contributed by atoms with Crippen molar-refractivity contribution in [3.63, 3.8) is 0 Å². The number of hydrogen-bond donors (Lipinski definition) is 1. The Morgan fingerprint density at radius 1 is 1.10 bits per heavy atom. The van der Waals surface area contributed by atoms with E-state index in [2.05, 4.69) is 46.8 Å². The summed E-state index contributed by atoms with van der Waals surface area (Å²) in [5.41, 5.74) is 3.79. The van der Waals surface area contributed by atoms with Crippen molar-refractivity contribution in [3.8, 4) is 0 Å². The number of anilines is 1. The van der Waals surface area contributed by atoms with Gasteiger partial charge in [0.05, 0.1) is 29.8 Å². The number of carbonyl (C=O) groups excluding carboxylic acids is 1. The summed E-state index contributed by atoms with van der Waals surface area (Å²) in [5.74, 6) is 1.88. The predicted octanol–water partition coefficient (Wildman–Crippen LogP) is 5.08. The van der Waals surface area contributed by atoms with Crippen LogP contribution in [0, 0.1) is 13.8 Å². The van der Waals surface area contributed by atoms with Crippen LogP contribution in [-0.2, 0) is 12.3 Å². The Bertz CT molecular complexity index is 1150. The summed E-state index contributed by atoms with van der Waals surface area (Å²) in [7, 11) is 0. The van der Waals surface area contributed by atoms with E-state index >= 15 is 0 Å². The van der Waals surface area contributed by atoms with E-state index in [4.69, 9.17) is 4.52 Å². The van der Waals surface area contributed by atoms with E-state index in [9.17, 15) is 4.79 Å². The van der Waals surface area contributed by atoms with Crippen LogP contribution in [0.2, 0.25) is 0 Å². The van der Waals surface area contributed by atoms with E-state index in [1.54, 1.807) is 28.7 Å². The Labute approximate surface area is 179 Å². The van der Waals surface area contributed by atoms with Crippen LogP contribution >= 0.6 is 11.8 Å². The molecule has 0 unspecified atom stereocenters. The van der Waals surface area contributed by atoms with Crippen molar-refractivity contribution >= 4 is 23.5 Å². The van der Waals surface area contributed by atoms with E-state index in [1.165, 1.54) is 5.56 Å². The minimum Gasteiger partial charge on any atom is -0.360 e. The van der Waals surface area contributed by atoms with Crippen LogP contribution in [0.15, 0.2) is 76.3 Å². The summed E-state index contributed by atoms with van der Waals surface area (Å²) in [6.07, 6.45) is 1.69. The highest BCUT2D eigenvalue weighted by Crippen LogP contribution is 2.27. The molecule has 4 rings (SSSR count). The van der Waals surface area contributed by atoms with E-state index < -0.39 is 0 Å². The lowest BCUT2D eigenvalue weighted by atomic mass is 10.1. The predicted molar refractivity (Wildman–Crippen MR) is 118 cm³/mol. The molecular formula is C23H22N4O2S. The lowest BCUT2D eigenvalue weighted by molar-refractivity contribution is 0.102. The number of nitrogens with one attached hydrogen (secondary N) is 1. The monoisotopic (exact) mass is 418 g/mol. The third-order valence-corrected chi connectivity index (χ3v) is 5.69. The molecule has 6 nitrogen and oxygen atoms in total. The van der Waals surface area contributed by atoms with Crippen LogP contribution in [0.25, 0.3) is 0 Å². The van der Waals surface area contributed by atoms with Gasteiger partial charge in [-0.25, -0.2) is 4.68 Å². The average molecular weight is 419 g/mol. The van der Waals surface area contributed by atoms with Crippen LogP contribution < -0.4 is 5.32 Å². The molecule has 30 heavy (non-hydrogen) atoms. The second-order valence-corrected chi connectivity index (χ2v) is 8.05. The maximum Gasteiger partial charge on any atom is 0.257 e. The molecule has 0 atom stereocenters. The Morgan fingerprint density at radius 2 is 1.90 bits per heavy atom. The van der Waals surface area contributed by atoms with Gasteiger partial charge in [0.15, 0.2) is 0 Å². The van der Waals surface area contributed by atoms with E-state index in [1.807, 2.05) is 37.3 Å². The Balaban J connectivity index is 1.47. The van der Waals surface area contributed by atoms with E-state index in [0.717, 1.165) is 21.9 Å². The minimum atomic E-state index is -0.169. The molecule has 0 saturated carbocycles. The molecule has 1 amide bonds. The maximum atomic E-state index is 13.0. The van der Waals surface area contributed by atoms with Crippen molar-refractivity contribution in [1.82, 2.24) is 14.9 Å². The highest BCUT2D eigenvalue weighted by atomic mass is 32.2. The molecule has 0 fully saturated rings. The first kappa shape index (κ1) is 20.0. The zero-order chi connectivity index (χ0) is 20.9. The van der Waals surface area contributed by atoms with Gasteiger partial charge in [0.1, 0.15) is 11.6 Å². The van der Waals surface area contributed by atoms with Gasteiger partial charge in [-0.3, -0.25) is 4.79 Å². The summed E-state index contributed by atoms with van der Waals surface area (Å²) < 4.78 is 7.06. The van der Waals surface area contributed by atoms with Crippen LogP contribution in [0.4, 0.5) is 5.82 Å². The average Bonchev–Trinajstić information content (AvgIpc) is 3.37. The van der Waals surface area contributed by atoms with Crippen molar-refractivity contribution in [2.75, 3.05) is 5.32 Å². The number of nitrogens with zero attached hydrogens (tertiary/aromatic N) is 3. The quantitative estimate of drug-likeness (QED) is 0.424. The van der Waals surface area contributed by atoms with Crippen LogP contribution in [0.5, 0.6) is 0 Å². The van der Waals surface area contributed by atoms with Gasteiger partial charge in [-0.2, -0.15) is 5.10 Å². The second-order valence-electron chi connectivity index (χ2n) is 7.03. The van der Waals surface area contributed by atoms with Gasteiger partial charge >= 0.3 is 0 Å². The van der Waals surface area contributed by atoms with Crippen molar-refractivity contribution in [2.45, 2.75) is 31.0 Å². The molecular weight excluding hydrogens is 396 g/mol. The Morgan fingerprint density at radius 3 is 2.67 bits per heavy atom. The Kier molecular flexibility index (Phi) is 5.99. The van der Waals surface area contributed by atoms with E-state index in [-0.39, 0.29) is 5.91 Å². The molecule has 2 heterocycles. The molecule has 152 valence electrons. The number of aromatic nitrogens is 3. The molecule has 0 spiro atoms. The summed E-state index contributed by atoms with van der Waals surface area (Å²) in [6.45, 7) is 4.53. The Hall–Kier alpha value is -3.32. The number of benzene rings is 2. The molecule has 0 radical (unpaired) electrons.